The second-order valence-electron chi connectivity index (χ2n) is 8.13. The van der Waals surface area contributed by atoms with E-state index in [4.69, 9.17) is 9.97 Å². The largest absolute Gasteiger partial charge is 0.357 e. The van der Waals surface area contributed by atoms with Crippen molar-refractivity contribution in [1.82, 2.24) is 33.6 Å². The van der Waals surface area contributed by atoms with Crippen LogP contribution in [0, 0.1) is 6.92 Å². The zero-order valence-electron chi connectivity index (χ0n) is 17.9. The minimum absolute atomic E-state index is 0.176. The smallest absolute Gasteiger partial charge is 0.246 e. The van der Waals surface area contributed by atoms with Crippen LogP contribution in [0.2, 0.25) is 0 Å². The van der Waals surface area contributed by atoms with Gasteiger partial charge in [-0.05, 0) is 38.2 Å². The van der Waals surface area contributed by atoms with Crippen LogP contribution in [-0.2, 0) is 29.9 Å². The third-order valence-corrected chi connectivity index (χ3v) is 8.06. The van der Waals surface area contributed by atoms with E-state index in [1.54, 1.807) is 17.5 Å². The number of aromatic nitrogens is 6. The lowest BCUT2D eigenvalue weighted by Crippen LogP contribution is -2.39. The van der Waals surface area contributed by atoms with Gasteiger partial charge in [-0.1, -0.05) is 0 Å². The van der Waals surface area contributed by atoms with Crippen molar-refractivity contribution in [1.29, 1.82) is 0 Å². The van der Waals surface area contributed by atoms with Gasteiger partial charge in [-0.3, -0.25) is 4.68 Å². The third kappa shape index (κ3) is 3.32. The maximum absolute atomic E-state index is 13.0. The maximum Gasteiger partial charge on any atom is 0.246 e. The van der Waals surface area contributed by atoms with E-state index in [0.29, 0.717) is 19.0 Å². The van der Waals surface area contributed by atoms with Crippen molar-refractivity contribution in [2.24, 2.45) is 7.05 Å². The molecule has 2 aliphatic rings. The highest BCUT2D eigenvalue weighted by Gasteiger charge is 2.34. The van der Waals surface area contributed by atoms with Gasteiger partial charge in [0.2, 0.25) is 16.0 Å². The Balaban J connectivity index is 1.44. The fraction of sp³-hybridized carbons (Fsp3) is 0.500. The Morgan fingerprint density at radius 1 is 1.13 bits per heavy atom. The first-order chi connectivity index (χ1) is 14.9. The molecule has 0 amide bonds. The molecule has 31 heavy (non-hydrogen) atoms. The van der Waals surface area contributed by atoms with Gasteiger partial charge >= 0.3 is 0 Å². The molecule has 1 saturated heterocycles. The number of fused-ring (bicyclic) bond motifs is 3. The van der Waals surface area contributed by atoms with Crippen molar-refractivity contribution < 1.29 is 8.42 Å². The lowest BCUT2D eigenvalue weighted by atomic mass is 9.96. The summed E-state index contributed by atoms with van der Waals surface area (Å²) in [7, 11) is 0.00894. The van der Waals surface area contributed by atoms with Crippen LogP contribution >= 0.6 is 0 Å². The average Bonchev–Trinajstić information content (AvgIpc) is 3.36. The van der Waals surface area contributed by atoms with E-state index in [1.807, 2.05) is 20.2 Å². The molecule has 11 heteroatoms. The normalized spacial score (nSPS) is 17.4. The molecular formula is C20H26N8O2S. The van der Waals surface area contributed by atoms with Gasteiger partial charge in [0, 0.05) is 45.6 Å². The predicted molar refractivity (Wildman–Crippen MR) is 115 cm³/mol. The fourth-order valence-corrected chi connectivity index (χ4v) is 6.12. The van der Waals surface area contributed by atoms with Gasteiger partial charge in [-0.25, -0.2) is 23.4 Å². The van der Waals surface area contributed by atoms with Crippen molar-refractivity contribution in [2.45, 2.75) is 43.5 Å². The summed E-state index contributed by atoms with van der Waals surface area (Å²) in [6, 6.07) is 0.176. The second kappa shape index (κ2) is 7.41. The lowest BCUT2D eigenvalue weighted by Gasteiger charge is -2.33. The molecule has 1 N–H and O–H groups in total. The molecule has 164 valence electrons. The van der Waals surface area contributed by atoms with Gasteiger partial charge in [0.05, 0.1) is 23.3 Å². The van der Waals surface area contributed by atoms with E-state index >= 15 is 0 Å². The van der Waals surface area contributed by atoms with Crippen LogP contribution in [0.3, 0.4) is 0 Å². The fourth-order valence-electron chi connectivity index (χ4n) is 4.66. The summed E-state index contributed by atoms with van der Waals surface area (Å²) in [6.07, 6.45) is 8.05. The zero-order valence-corrected chi connectivity index (χ0v) is 18.7. The molecule has 1 fully saturated rings. The molecule has 10 nitrogen and oxygen atoms in total. The molecule has 0 spiro atoms. The summed E-state index contributed by atoms with van der Waals surface area (Å²) in [5, 5.41) is 7.03. The molecule has 0 atom stereocenters. The summed E-state index contributed by atoms with van der Waals surface area (Å²) >= 11 is 0. The Kier molecular flexibility index (Phi) is 4.82. The second-order valence-corrected chi connectivity index (χ2v) is 10.1. The molecular weight excluding hydrogens is 416 g/mol. The Morgan fingerprint density at radius 3 is 2.58 bits per heavy atom. The van der Waals surface area contributed by atoms with Crippen LogP contribution in [0.15, 0.2) is 23.5 Å². The first-order valence-electron chi connectivity index (χ1n) is 10.5. The highest BCUT2D eigenvalue weighted by Crippen LogP contribution is 2.38. The summed E-state index contributed by atoms with van der Waals surface area (Å²) < 4.78 is 31.3. The quantitative estimate of drug-likeness (QED) is 0.652. The molecule has 0 bridgehead atoms. The maximum atomic E-state index is 13.0. The number of nitrogens with zero attached hydrogens (tertiary/aromatic N) is 7. The molecule has 1 aliphatic carbocycles. The van der Waals surface area contributed by atoms with E-state index in [2.05, 4.69) is 20.0 Å². The van der Waals surface area contributed by atoms with Crippen LogP contribution < -0.4 is 5.32 Å². The van der Waals surface area contributed by atoms with E-state index in [-0.39, 0.29) is 10.9 Å². The minimum atomic E-state index is -3.52. The van der Waals surface area contributed by atoms with E-state index in [1.165, 1.54) is 10.9 Å². The molecule has 0 unspecified atom stereocenters. The number of aryl methyl sites for hydroxylation is 4. The molecule has 3 aromatic heterocycles. The van der Waals surface area contributed by atoms with Gasteiger partial charge in [0.25, 0.3) is 0 Å². The van der Waals surface area contributed by atoms with Gasteiger partial charge < -0.3 is 9.88 Å². The standard InChI is InChI=1S/C20H26N8O2S/c1-13-24-17-5-4-14-10-22-20(21-2)25-18(14)19(17)28(13)15-6-8-27(9-7-15)31(29,30)16-11-23-26(3)12-16/h10-12,15H,4-9H2,1-3H3,(H,21,22,25). The Bertz CT molecular complexity index is 1240. The number of anilines is 1. The number of rotatable bonds is 4. The van der Waals surface area contributed by atoms with Crippen molar-refractivity contribution in [3.63, 3.8) is 0 Å². The van der Waals surface area contributed by atoms with Gasteiger partial charge in [0.15, 0.2) is 0 Å². The number of hydrogen-bond donors (Lipinski definition) is 1. The van der Waals surface area contributed by atoms with Crippen LogP contribution in [0.5, 0.6) is 0 Å². The molecule has 1 aliphatic heterocycles. The van der Waals surface area contributed by atoms with E-state index in [9.17, 15) is 8.42 Å². The monoisotopic (exact) mass is 442 g/mol. The Labute approximate surface area is 181 Å². The lowest BCUT2D eigenvalue weighted by molar-refractivity contribution is 0.272. The first-order valence-corrected chi connectivity index (χ1v) is 11.9. The molecule has 4 heterocycles. The molecule has 0 radical (unpaired) electrons. The summed E-state index contributed by atoms with van der Waals surface area (Å²) in [4.78, 5) is 14.2. The van der Waals surface area contributed by atoms with Crippen LogP contribution in [0.4, 0.5) is 5.95 Å². The number of imidazole rings is 1. The van der Waals surface area contributed by atoms with Crippen molar-refractivity contribution >= 4 is 16.0 Å². The SMILES string of the molecule is CNc1ncc2c(n1)-c1c(nc(C)n1C1CCN(S(=O)(=O)c3cnn(C)c3)CC1)CC2. The third-order valence-electron chi connectivity index (χ3n) is 6.21. The first kappa shape index (κ1) is 20.1. The summed E-state index contributed by atoms with van der Waals surface area (Å²) in [5.41, 5.74) is 4.19. The number of sulfonamides is 1. The van der Waals surface area contributed by atoms with Crippen LogP contribution in [0.1, 0.15) is 36.0 Å². The highest BCUT2D eigenvalue weighted by atomic mass is 32.2. The number of hydrogen-bond acceptors (Lipinski definition) is 7. The Hall–Kier alpha value is -2.79. The van der Waals surface area contributed by atoms with Crippen LogP contribution in [0.25, 0.3) is 11.4 Å². The van der Waals surface area contributed by atoms with Crippen molar-refractivity contribution in [3.05, 3.63) is 35.7 Å². The number of piperidine rings is 1. The molecule has 0 saturated carbocycles. The van der Waals surface area contributed by atoms with E-state index in [0.717, 1.165) is 54.2 Å². The topological polar surface area (TPSA) is 111 Å². The Morgan fingerprint density at radius 2 is 1.90 bits per heavy atom. The summed E-state index contributed by atoms with van der Waals surface area (Å²) in [6.45, 7) is 2.95. The molecule has 0 aromatic carbocycles. The number of nitrogens with one attached hydrogen (secondary N) is 1. The predicted octanol–water partition coefficient (Wildman–Crippen LogP) is 1.55. The van der Waals surface area contributed by atoms with Gasteiger partial charge in [0.1, 0.15) is 10.7 Å². The molecule has 5 rings (SSSR count). The van der Waals surface area contributed by atoms with Crippen molar-refractivity contribution in [3.8, 4) is 11.4 Å². The summed E-state index contributed by atoms with van der Waals surface area (Å²) in [5.74, 6) is 1.55. The zero-order chi connectivity index (χ0) is 21.8. The molecule has 3 aromatic rings. The average molecular weight is 443 g/mol. The van der Waals surface area contributed by atoms with Crippen molar-refractivity contribution in [2.75, 3.05) is 25.5 Å². The van der Waals surface area contributed by atoms with Crippen LogP contribution in [-0.4, -0.2) is 62.2 Å². The van der Waals surface area contributed by atoms with Gasteiger partial charge in [-0.2, -0.15) is 9.40 Å². The van der Waals surface area contributed by atoms with Gasteiger partial charge in [-0.15, -0.1) is 0 Å². The van der Waals surface area contributed by atoms with E-state index < -0.39 is 10.0 Å². The minimum Gasteiger partial charge on any atom is -0.357 e. The highest BCUT2D eigenvalue weighted by molar-refractivity contribution is 7.89.